The lowest BCUT2D eigenvalue weighted by atomic mass is 10.0. The fourth-order valence-electron chi connectivity index (χ4n) is 1.97. The van der Waals surface area contributed by atoms with Crippen molar-refractivity contribution in [3.8, 4) is 0 Å². The quantitative estimate of drug-likeness (QED) is 0.178. The van der Waals surface area contributed by atoms with E-state index in [9.17, 15) is 0 Å². The van der Waals surface area contributed by atoms with Crippen molar-refractivity contribution >= 4 is 5.84 Å². The lowest BCUT2D eigenvalue weighted by molar-refractivity contribution is 0.171. The number of hydrogen-bond donors (Lipinski definition) is 3. The summed E-state index contributed by atoms with van der Waals surface area (Å²) in [5.41, 5.74) is 5.90. The number of rotatable bonds is 10. The Labute approximate surface area is 103 Å². The van der Waals surface area contributed by atoms with Gasteiger partial charge in [0, 0.05) is 26.7 Å². The Kier molecular flexibility index (Phi) is 6.29. The predicted molar refractivity (Wildman–Crippen MR) is 68.3 cm³/mol. The van der Waals surface area contributed by atoms with Crippen LogP contribution in [0.1, 0.15) is 38.5 Å². The van der Waals surface area contributed by atoms with E-state index in [1.807, 2.05) is 0 Å². The third-order valence-electron chi connectivity index (χ3n) is 3.46. The van der Waals surface area contributed by atoms with Gasteiger partial charge in [0.1, 0.15) is 5.84 Å². The van der Waals surface area contributed by atoms with Gasteiger partial charge in [-0.1, -0.05) is 5.16 Å². The Morgan fingerprint density at radius 1 is 1.47 bits per heavy atom. The Bertz CT molecular complexity index is 240. The van der Waals surface area contributed by atoms with E-state index >= 15 is 0 Å². The number of amidine groups is 1. The van der Waals surface area contributed by atoms with Crippen molar-refractivity contribution < 1.29 is 9.94 Å². The van der Waals surface area contributed by atoms with Crippen molar-refractivity contribution in [2.45, 2.75) is 38.5 Å². The molecule has 1 saturated carbocycles. The Hall–Kier alpha value is -0.810. The summed E-state index contributed by atoms with van der Waals surface area (Å²) in [6, 6.07) is 0. The normalized spacial score (nSPS) is 18.3. The molecule has 0 atom stereocenters. The second-order valence-electron chi connectivity index (χ2n) is 4.97. The molecule has 0 spiro atoms. The van der Waals surface area contributed by atoms with Crippen LogP contribution in [0, 0.1) is 5.41 Å². The van der Waals surface area contributed by atoms with Gasteiger partial charge in [0.15, 0.2) is 0 Å². The first-order valence-electron chi connectivity index (χ1n) is 6.38. The molecule has 5 heteroatoms. The fourth-order valence-corrected chi connectivity index (χ4v) is 1.97. The van der Waals surface area contributed by atoms with Gasteiger partial charge in [0.2, 0.25) is 0 Å². The molecule has 0 aromatic rings. The summed E-state index contributed by atoms with van der Waals surface area (Å²) in [6.45, 7) is 2.97. The molecule has 0 aliphatic heterocycles. The van der Waals surface area contributed by atoms with E-state index < -0.39 is 0 Å². The van der Waals surface area contributed by atoms with Crippen LogP contribution in [0.4, 0.5) is 0 Å². The van der Waals surface area contributed by atoms with Crippen LogP contribution in [0.15, 0.2) is 5.16 Å². The number of nitrogens with two attached hydrogens (primary N) is 1. The molecule has 0 aromatic carbocycles. The van der Waals surface area contributed by atoms with Crippen molar-refractivity contribution in [2.24, 2.45) is 16.3 Å². The smallest absolute Gasteiger partial charge is 0.139 e. The number of ether oxygens (including phenoxy) is 1. The lowest BCUT2D eigenvalue weighted by Gasteiger charge is -2.15. The minimum Gasteiger partial charge on any atom is -0.409 e. The SMILES string of the molecule is COCCC1(CNCCCCC(N)=NO)CC1. The summed E-state index contributed by atoms with van der Waals surface area (Å²) in [7, 11) is 1.76. The number of unbranched alkanes of at least 4 members (excludes halogenated alkanes) is 1. The number of oxime groups is 1. The maximum absolute atomic E-state index is 8.37. The van der Waals surface area contributed by atoms with Gasteiger partial charge >= 0.3 is 0 Å². The van der Waals surface area contributed by atoms with Gasteiger partial charge in [0.25, 0.3) is 0 Å². The summed E-state index contributed by atoms with van der Waals surface area (Å²) >= 11 is 0. The van der Waals surface area contributed by atoms with E-state index in [1.54, 1.807) is 7.11 Å². The van der Waals surface area contributed by atoms with Crippen molar-refractivity contribution in [1.82, 2.24) is 5.32 Å². The molecule has 17 heavy (non-hydrogen) atoms. The lowest BCUT2D eigenvalue weighted by Crippen LogP contribution is -2.26. The Balaban J connectivity index is 1.94. The van der Waals surface area contributed by atoms with Crippen LogP contribution in [0.3, 0.4) is 0 Å². The molecule has 0 bridgehead atoms. The number of methoxy groups -OCH3 is 1. The second kappa shape index (κ2) is 7.50. The maximum Gasteiger partial charge on any atom is 0.139 e. The monoisotopic (exact) mass is 243 g/mol. The molecule has 0 aromatic heterocycles. The van der Waals surface area contributed by atoms with Gasteiger partial charge in [-0.15, -0.1) is 0 Å². The second-order valence-corrected chi connectivity index (χ2v) is 4.97. The summed E-state index contributed by atoms with van der Waals surface area (Å²) < 4.78 is 5.12. The minimum absolute atomic E-state index is 0.323. The summed E-state index contributed by atoms with van der Waals surface area (Å²) in [4.78, 5) is 0. The third-order valence-corrected chi connectivity index (χ3v) is 3.46. The fraction of sp³-hybridized carbons (Fsp3) is 0.917. The molecule has 0 saturated heterocycles. The molecule has 1 aliphatic carbocycles. The molecule has 0 radical (unpaired) electrons. The molecule has 4 N–H and O–H groups in total. The van der Waals surface area contributed by atoms with Gasteiger partial charge in [-0.3, -0.25) is 0 Å². The first-order chi connectivity index (χ1) is 8.22. The molecule has 0 heterocycles. The zero-order valence-electron chi connectivity index (χ0n) is 10.7. The van der Waals surface area contributed by atoms with Gasteiger partial charge in [-0.05, 0) is 44.1 Å². The van der Waals surface area contributed by atoms with Gasteiger partial charge in [0.05, 0.1) is 0 Å². The van der Waals surface area contributed by atoms with Crippen molar-refractivity contribution in [3.63, 3.8) is 0 Å². The van der Waals surface area contributed by atoms with Gasteiger partial charge in [-0.25, -0.2) is 0 Å². The molecule has 1 fully saturated rings. The van der Waals surface area contributed by atoms with Crippen molar-refractivity contribution in [1.29, 1.82) is 0 Å². The van der Waals surface area contributed by atoms with Crippen LogP contribution in [0.2, 0.25) is 0 Å². The topological polar surface area (TPSA) is 79.9 Å². The first kappa shape index (κ1) is 14.3. The van der Waals surface area contributed by atoms with E-state index in [4.69, 9.17) is 15.7 Å². The Morgan fingerprint density at radius 3 is 2.82 bits per heavy atom. The molecule has 1 rings (SSSR count). The van der Waals surface area contributed by atoms with Gasteiger partial charge in [-0.2, -0.15) is 0 Å². The Morgan fingerprint density at radius 2 is 2.24 bits per heavy atom. The average molecular weight is 243 g/mol. The highest BCUT2D eigenvalue weighted by Gasteiger charge is 2.41. The third kappa shape index (κ3) is 5.89. The molecule has 5 nitrogen and oxygen atoms in total. The molecule has 100 valence electrons. The largest absolute Gasteiger partial charge is 0.409 e. The van der Waals surface area contributed by atoms with Crippen LogP contribution in [-0.2, 0) is 4.74 Å². The number of nitrogens with one attached hydrogen (secondary N) is 1. The predicted octanol–water partition coefficient (Wildman–Crippen LogP) is 1.31. The van der Waals surface area contributed by atoms with E-state index in [1.165, 1.54) is 19.3 Å². The van der Waals surface area contributed by atoms with Crippen LogP contribution >= 0.6 is 0 Å². The highest BCUT2D eigenvalue weighted by molar-refractivity contribution is 5.79. The summed E-state index contributed by atoms with van der Waals surface area (Å²) in [6.07, 6.45) is 6.53. The minimum atomic E-state index is 0.323. The highest BCUT2D eigenvalue weighted by atomic mass is 16.5. The molecule has 0 amide bonds. The average Bonchev–Trinajstić information content (AvgIpc) is 3.11. The number of hydrogen-bond acceptors (Lipinski definition) is 4. The first-order valence-corrected chi connectivity index (χ1v) is 6.38. The van der Waals surface area contributed by atoms with E-state index in [0.717, 1.165) is 32.5 Å². The van der Waals surface area contributed by atoms with E-state index in [0.29, 0.717) is 17.7 Å². The zero-order chi connectivity index (χ0) is 12.6. The van der Waals surface area contributed by atoms with Crippen LogP contribution in [-0.4, -0.2) is 37.8 Å². The van der Waals surface area contributed by atoms with Gasteiger partial charge < -0.3 is 21.0 Å². The molecule has 0 unspecified atom stereocenters. The van der Waals surface area contributed by atoms with Crippen LogP contribution in [0.5, 0.6) is 0 Å². The van der Waals surface area contributed by atoms with Crippen molar-refractivity contribution in [2.75, 3.05) is 26.8 Å². The van der Waals surface area contributed by atoms with Crippen LogP contribution < -0.4 is 11.1 Å². The highest BCUT2D eigenvalue weighted by Crippen LogP contribution is 2.48. The summed E-state index contributed by atoms with van der Waals surface area (Å²) in [5.74, 6) is 0.323. The molecular weight excluding hydrogens is 218 g/mol. The van der Waals surface area contributed by atoms with E-state index in [-0.39, 0.29) is 0 Å². The number of nitrogens with zero attached hydrogens (tertiary/aromatic N) is 1. The summed E-state index contributed by atoms with van der Waals surface area (Å²) in [5, 5.41) is 14.8. The van der Waals surface area contributed by atoms with E-state index in [2.05, 4.69) is 10.5 Å². The van der Waals surface area contributed by atoms with Crippen molar-refractivity contribution in [3.05, 3.63) is 0 Å². The maximum atomic E-state index is 8.37. The van der Waals surface area contributed by atoms with Crippen LogP contribution in [0.25, 0.3) is 0 Å². The standard InChI is InChI=1S/C12H25N3O2/c1-17-9-7-12(5-6-12)10-14-8-3-2-4-11(13)15-16/h14,16H,2-10H2,1H3,(H2,13,15). The molecular formula is C12H25N3O2. The zero-order valence-corrected chi connectivity index (χ0v) is 10.7. The molecule has 1 aliphatic rings.